The van der Waals surface area contributed by atoms with Gasteiger partial charge in [-0.3, -0.25) is 9.36 Å². The Morgan fingerprint density at radius 2 is 1.88 bits per heavy atom. The van der Waals surface area contributed by atoms with Crippen molar-refractivity contribution in [2.75, 3.05) is 6.61 Å². The molecule has 0 saturated heterocycles. The molecular formula is C19H19IN2O2S. The minimum atomic E-state index is -0.727. The Labute approximate surface area is 165 Å². The van der Waals surface area contributed by atoms with Gasteiger partial charge in [-0.2, -0.15) is 0 Å². The molecular weight excluding hydrogens is 447 g/mol. The largest absolute Gasteiger partial charge is 0.465 e. The Bertz CT molecular complexity index is 921. The van der Waals surface area contributed by atoms with Crippen molar-refractivity contribution in [1.29, 1.82) is 0 Å². The molecule has 0 aliphatic rings. The highest BCUT2D eigenvalue weighted by Gasteiger charge is 2.33. The van der Waals surface area contributed by atoms with Gasteiger partial charge in [-0.05, 0) is 67.6 Å². The number of benzene rings is 2. The average molecular weight is 466 g/mol. The van der Waals surface area contributed by atoms with Gasteiger partial charge in [-0.25, -0.2) is 4.98 Å². The molecule has 0 saturated carbocycles. The summed E-state index contributed by atoms with van der Waals surface area (Å²) < 4.78 is 7.74. The van der Waals surface area contributed by atoms with Crippen molar-refractivity contribution < 1.29 is 9.53 Å². The maximum absolute atomic E-state index is 12.3. The van der Waals surface area contributed by atoms with Gasteiger partial charge < -0.3 is 4.74 Å². The lowest BCUT2D eigenvalue weighted by Gasteiger charge is -2.22. The first-order valence-electron chi connectivity index (χ1n) is 8.02. The number of fused-ring (bicyclic) bond motifs is 1. The van der Waals surface area contributed by atoms with Crippen LogP contribution in [-0.2, 0) is 9.53 Å². The van der Waals surface area contributed by atoms with Crippen molar-refractivity contribution in [3.8, 4) is 5.69 Å². The minimum Gasteiger partial charge on any atom is -0.465 e. The number of carbonyl (C=O) groups is 1. The van der Waals surface area contributed by atoms with E-state index in [-0.39, 0.29) is 5.97 Å². The first kappa shape index (κ1) is 18.3. The summed E-state index contributed by atoms with van der Waals surface area (Å²) >= 11 is 3.75. The van der Waals surface area contributed by atoms with Gasteiger partial charge in [0, 0.05) is 3.57 Å². The van der Waals surface area contributed by atoms with Crippen molar-refractivity contribution in [2.24, 2.45) is 0 Å². The number of thioether (sulfide) groups is 1. The first-order chi connectivity index (χ1) is 11.9. The first-order valence-corrected chi connectivity index (χ1v) is 9.92. The molecule has 0 fully saturated rings. The highest BCUT2D eigenvalue weighted by Crippen LogP contribution is 2.37. The number of aromatic nitrogens is 2. The monoisotopic (exact) mass is 466 g/mol. The van der Waals surface area contributed by atoms with Crippen LogP contribution in [0, 0.1) is 3.57 Å². The van der Waals surface area contributed by atoms with Crippen LogP contribution in [-0.4, -0.2) is 26.9 Å². The topological polar surface area (TPSA) is 44.1 Å². The Morgan fingerprint density at radius 3 is 2.60 bits per heavy atom. The molecule has 3 rings (SSSR count). The zero-order valence-corrected chi connectivity index (χ0v) is 17.3. The van der Waals surface area contributed by atoms with Crippen molar-refractivity contribution in [1.82, 2.24) is 9.55 Å². The van der Waals surface area contributed by atoms with Gasteiger partial charge in [0.15, 0.2) is 5.16 Å². The van der Waals surface area contributed by atoms with Crippen LogP contribution < -0.4 is 0 Å². The fraction of sp³-hybridized carbons (Fsp3) is 0.263. The van der Waals surface area contributed by atoms with E-state index in [0.717, 1.165) is 25.4 Å². The smallest absolute Gasteiger partial charge is 0.322 e. The summed E-state index contributed by atoms with van der Waals surface area (Å²) in [5, 5.41) is 0.781. The van der Waals surface area contributed by atoms with E-state index in [1.54, 1.807) is 0 Å². The van der Waals surface area contributed by atoms with Crippen molar-refractivity contribution in [3.63, 3.8) is 0 Å². The highest BCUT2D eigenvalue weighted by atomic mass is 127. The lowest BCUT2D eigenvalue weighted by Crippen LogP contribution is -2.30. The Morgan fingerprint density at radius 1 is 1.20 bits per heavy atom. The lowest BCUT2D eigenvalue weighted by molar-refractivity contribution is -0.145. The maximum Gasteiger partial charge on any atom is 0.322 e. The van der Waals surface area contributed by atoms with Gasteiger partial charge in [0.25, 0.3) is 0 Å². The summed E-state index contributed by atoms with van der Waals surface area (Å²) in [6, 6.07) is 16.2. The zero-order chi connectivity index (χ0) is 18.0. The zero-order valence-electron chi connectivity index (χ0n) is 14.3. The molecule has 0 atom stereocenters. The van der Waals surface area contributed by atoms with E-state index in [1.165, 1.54) is 11.8 Å². The summed E-state index contributed by atoms with van der Waals surface area (Å²) in [4.78, 5) is 17.1. The summed E-state index contributed by atoms with van der Waals surface area (Å²) in [6.45, 7) is 5.93. The quantitative estimate of drug-likeness (QED) is 0.300. The number of imidazole rings is 1. The number of carbonyl (C=O) groups excluding carboxylic acids is 1. The molecule has 1 heterocycles. The van der Waals surface area contributed by atoms with Crippen LogP contribution in [0.3, 0.4) is 0 Å². The fourth-order valence-corrected chi connectivity index (χ4v) is 4.17. The van der Waals surface area contributed by atoms with Gasteiger partial charge in [-0.15, -0.1) is 0 Å². The van der Waals surface area contributed by atoms with Crippen LogP contribution >= 0.6 is 34.4 Å². The SMILES string of the molecule is CCOC(=O)C(C)(C)Sc1nc2ccccc2n1-c1ccccc1I. The van der Waals surface area contributed by atoms with Crippen LogP contribution in [0.2, 0.25) is 0 Å². The molecule has 0 spiro atoms. The average Bonchev–Trinajstić information content (AvgIpc) is 2.92. The maximum atomic E-state index is 12.3. The molecule has 2 aromatic carbocycles. The number of rotatable bonds is 5. The van der Waals surface area contributed by atoms with E-state index in [2.05, 4.69) is 39.3 Å². The standard InChI is InChI=1S/C19H19IN2O2S/c1-4-24-17(23)19(2,3)25-18-21-14-10-6-8-12-16(14)22(18)15-11-7-5-9-13(15)20/h5-12H,4H2,1-3H3. The molecule has 4 nitrogen and oxygen atoms in total. The molecule has 0 aliphatic carbocycles. The predicted molar refractivity (Wildman–Crippen MR) is 110 cm³/mol. The number of hydrogen-bond acceptors (Lipinski definition) is 4. The fourth-order valence-electron chi connectivity index (χ4n) is 2.51. The van der Waals surface area contributed by atoms with Gasteiger partial charge in [-0.1, -0.05) is 36.0 Å². The number of hydrogen-bond donors (Lipinski definition) is 0. The third-order valence-electron chi connectivity index (χ3n) is 3.74. The molecule has 1 aromatic heterocycles. The third kappa shape index (κ3) is 3.69. The molecule has 0 unspecified atom stereocenters. The molecule has 0 bridgehead atoms. The molecule has 0 aliphatic heterocycles. The molecule has 3 aromatic rings. The molecule has 0 radical (unpaired) electrons. The predicted octanol–water partition coefficient (Wildman–Crippen LogP) is 5.06. The normalized spacial score (nSPS) is 11.7. The van der Waals surface area contributed by atoms with Crippen molar-refractivity contribution in [3.05, 3.63) is 52.1 Å². The Hall–Kier alpha value is -1.54. The van der Waals surface area contributed by atoms with Crippen molar-refractivity contribution in [2.45, 2.75) is 30.7 Å². The van der Waals surface area contributed by atoms with Crippen LogP contribution in [0.1, 0.15) is 20.8 Å². The van der Waals surface area contributed by atoms with Crippen LogP contribution in [0.5, 0.6) is 0 Å². The molecule has 130 valence electrons. The van der Waals surface area contributed by atoms with Gasteiger partial charge in [0.1, 0.15) is 4.75 Å². The van der Waals surface area contributed by atoms with Gasteiger partial charge >= 0.3 is 5.97 Å². The molecule has 0 N–H and O–H groups in total. The Kier molecular flexibility index (Phi) is 5.38. The number of halogens is 1. The lowest BCUT2D eigenvalue weighted by atomic mass is 10.2. The van der Waals surface area contributed by atoms with E-state index < -0.39 is 4.75 Å². The van der Waals surface area contributed by atoms with Crippen LogP contribution in [0.25, 0.3) is 16.7 Å². The highest BCUT2D eigenvalue weighted by molar-refractivity contribution is 14.1. The van der Waals surface area contributed by atoms with Crippen LogP contribution in [0.15, 0.2) is 53.7 Å². The summed E-state index contributed by atoms with van der Waals surface area (Å²) in [5.41, 5.74) is 2.98. The van der Waals surface area contributed by atoms with E-state index in [1.807, 2.05) is 57.2 Å². The summed E-state index contributed by atoms with van der Waals surface area (Å²) in [6.07, 6.45) is 0. The summed E-state index contributed by atoms with van der Waals surface area (Å²) in [5.74, 6) is -0.235. The molecule has 0 amide bonds. The summed E-state index contributed by atoms with van der Waals surface area (Å²) in [7, 11) is 0. The number of esters is 1. The second-order valence-electron chi connectivity index (χ2n) is 6.00. The number of nitrogens with zero attached hydrogens (tertiary/aromatic N) is 2. The van der Waals surface area contributed by atoms with Crippen LogP contribution in [0.4, 0.5) is 0 Å². The van der Waals surface area contributed by atoms with E-state index >= 15 is 0 Å². The third-order valence-corrected chi connectivity index (χ3v) is 5.78. The van der Waals surface area contributed by atoms with E-state index in [9.17, 15) is 4.79 Å². The van der Waals surface area contributed by atoms with E-state index in [0.29, 0.717) is 6.61 Å². The second kappa shape index (κ2) is 7.37. The number of para-hydroxylation sites is 3. The molecule has 6 heteroatoms. The van der Waals surface area contributed by atoms with E-state index in [4.69, 9.17) is 9.72 Å². The van der Waals surface area contributed by atoms with Gasteiger partial charge in [0.05, 0.1) is 23.3 Å². The van der Waals surface area contributed by atoms with Crippen molar-refractivity contribution >= 4 is 51.4 Å². The minimum absolute atomic E-state index is 0.235. The number of ether oxygens (including phenoxy) is 1. The molecule has 25 heavy (non-hydrogen) atoms. The Balaban J connectivity index is 2.14. The second-order valence-corrected chi connectivity index (χ2v) is 8.75. The van der Waals surface area contributed by atoms with Gasteiger partial charge in [0.2, 0.25) is 0 Å².